The lowest BCUT2D eigenvalue weighted by Gasteiger charge is -2.37. The van der Waals surface area contributed by atoms with E-state index < -0.39 is 0 Å². The van der Waals surface area contributed by atoms with Crippen molar-refractivity contribution in [2.75, 3.05) is 40.3 Å². The van der Waals surface area contributed by atoms with E-state index in [1.165, 1.54) is 12.2 Å². The summed E-state index contributed by atoms with van der Waals surface area (Å²) in [5, 5.41) is 7.69. The van der Waals surface area contributed by atoms with Crippen molar-refractivity contribution in [2.45, 2.75) is 12.6 Å². The number of rotatable bonds is 4. The normalized spacial score (nSPS) is 23.1. The Labute approximate surface area is 103 Å². The Morgan fingerprint density at radius 3 is 2.88 bits per heavy atom. The monoisotopic (exact) mass is 237 g/mol. The highest BCUT2D eigenvalue weighted by Crippen LogP contribution is 2.05. The standard InChI is InChI=1S/C12H23N5/c1-15-6-7-16(2)12(10-15)9-13-8-11-4-5-14-17(11)3/h4-5,12-13H,6-10H2,1-3H3. The average molecular weight is 237 g/mol. The number of aromatic nitrogens is 2. The molecular formula is C12H23N5. The van der Waals surface area contributed by atoms with Gasteiger partial charge in [-0.05, 0) is 20.2 Å². The average Bonchev–Trinajstić information content (AvgIpc) is 2.70. The van der Waals surface area contributed by atoms with Gasteiger partial charge in [-0.1, -0.05) is 0 Å². The molecule has 1 aliphatic heterocycles. The number of hydrogen-bond acceptors (Lipinski definition) is 4. The first kappa shape index (κ1) is 12.5. The summed E-state index contributed by atoms with van der Waals surface area (Å²) in [6.07, 6.45) is 1.84. The molecule has 1 unspecified atom stereocenters. The van der Waals surface area contributed by atoms with Gasteiger partial charge in [-0.25, -0.2) is 0 Å². The van der Waals surface area contributed by atoms with Gasteiger partial charge in [-0.3, -0.25) is 9.58 Å². The lowest BCUT2D eigenvalue weighted by Crippen LogP contribution is -2.53. The molecule has 1 atom stereocenters. The van der Waals surface area contributed by atoms with Gasteiger partial charge >= 0.3 is 0 Å². The fraction of sp³-hybridized carbons (Fsp3) is 0.750. The molecule has 0 aromatic carbocycles. The molecule has 1 N–H and O–H groups in total. The third-order valence-corrected chi connectivity index (χ3v) is 3.59. The molecule has 17 heavy (non-hydrogen) atoms. The first-order valence-electron chi connectivity index (χ1n) is 6.23. The summed E-state index contributed by atoms with van der Waals surface area (Å²) in [7, 11) is 6.39. The SMILES string of the molecule is CN1CCN(C)C(CNCc2ccnn2C)C1. The molecule has 0 aliphatic carbocycles. The lowest BCUT2D eigenvalue weighted by molar-refractivity contribution is 0.113. The molecule has 5 nitrogen and oxygen atoms in total. The second-order valence-electron chi connectivity index (χ2n) is 4.97. The molecule has 0 saturated carbocycles. The molecule has 2 rings (SSSR count). The Bertz CT molecular complexity index is 348. The molecule has 0 spiro atoms. The third-order valence-electron chi connectivity index (χ3n) is 3.59. The first-order valence-corrected chi connectivity index (χ1v) is 6.23. The molecule has 0 amide bonds. The van der Waals surface area contributed by atoms with E-state index in [4.69, 9.17) is 0 Å². The lowest BCUT2D eigenvalue weighted by atomic mass is 10.2. The predicted octanol–water partition coefficient (Wildman–Crippen LogP) is -0.244. The molecule has 5 heteroatoms. The number of nitrogens with zero attached hydrogens (tertiary/aromatic N) is 4. The number of likely N-dealkylation sites (N-methyl/N-ethyl adjacent to an activating group) is 2. The summed E-state index contributed by atoms with van der Waals surface area (Å²) < 4.78 is 1.92. The molecule has 1 saturated heterocycles. The van der Waals surface area contributed by atoms with Gasteiger partial charge in [0, 0.05) is 52.0 Å². The number of aryl methyl sites for hydroxylation is 1. The van der Waals surface area contributed by atoms with E-state index >= 15 is 0 Å². The van der Waals surface area contributed by atoms with Crippen LogP contribution in [0.15, 0.2) is 12.3 Å². The molecule has 1 aliphatic rings. The molecule has 1 aromatic rings. The highest BCUT2D eigenvalue weighted by atomic mass is 15.3. The van der Waals surface area contributed by atoms with Gasteiger partial charge in [-0.15, -0.1) is 0 Å². The fourth-order valence-electron chi connectivity index (χ4n) is 2.26. The van der Waals surface area contributed by atoms with Crippen LogP contribution < -0.4 is 5.32 Å². The molecule has 0 bridgehead atoms. The highest BCUT2D eigenvalue weighted by Gasteiger charge is 2.21. The Morgan fingerprint density at radius 1 is 1.35 bits per heavy atom. The summed E-state index contributed by atoms with van der Waals surface area (Å²) in [5.41, 5.74) is 1.23. The van der Waals surface area contributed by atoms with Crippen LogP contribution in [0.3, 0.4) is 0 Å². The fourth-order valence-corrected chi connectivity index (χ4v) is 2.26. The van der Waals surface area contributed by atoms with E-state index in [0.717, 1.165) is 26.2 Å². The quantitative estimate of drug-likeness (QED) is 0.784. The summed E-state index contributed by atoms with van der Waals surface area (Å²) in [5.74, 6) is 0. The number of nitrogens with one attached hydrogen (secondary N) is 1. The zero-order valence-electron chi connectivity index (χ0n) is 11.1. The largest absolute Gasteiger partial charge is 0.310 e. The van der Waals surface area contributed by atoms with Crippen molar-refractivity contribution in [1.29, 1.82) is 0 Å². The second kappa shape index (κ2) is 5.62. The second-order valence-corrected chi connectivity index (χ2v) is 4.97. The minimum atomic E-state index is 0.613. The number of hydrogen-bond donors (Lipinski definition) is 1. The maximum absolute atomic E-state index is 4.17. The highest BCUT2D eigenvalue weighted by molar-refractivity contribution is 4.99. The van der Waals surface area contributed by atoms with Crippen LogP contribution in [0.2, 0.25) is 0 Å². The van der Waals surface area contributed by atoms with Gasteiger partial charge in [0.05, 0.1) is 5.69 Å². The van der Waals surface area contributed by atoms with Crippen molar-refractivity contribution in [3.05, 3.63) is 18.0 Å². The van der Waals surface area contributed by atoms with Crippen LogP contribution in [0.1, 0.15) is 5.69 Å². The Kier molecular flexibility index (Phi) is 4.15. The van der Waals surface area contributed by atoms with Gasteiger partial charge in [0.2, 0.25) is 0 Å². The minimum absolute atomic E-state index is 0.613. The van der Waals surface area contributed by atoms with Gasteiger partial charge < -0.3 is 10.2 Å². The molecule has 1 fully saturated rings. The van der Waals surface area contributed by atoms with Gasteiger partial charge in [0.15, 0.2) is 0 Å². The van der Waals surface area contributed by atoms with Crippen LogP contribution in [-0.2, 0) is 13.6 Å². The Balaban J connectivity index is 1.76. The van der Waals surface area contributed by atoms with Crippen molar-refractivity contribution in [2.24, 2.45) is 7.05 Å². The third kappa shape index (κ3) is 3.28. The Morgan fingerprint density at radius 2 is 2.18 bits per heavy atom. The van der Waals surface area contributed by atoms with Gasteiger partial charge in [-0.2, -0.15) is 5.10 Å². The molecular weight excluding hydrogens is 214 g/mol. The topological polar surface area (TPSA) is 36.3 Å². The van der Waals surface area contributed by atoms with E-state index in [-0.39, 0.29) is 0 Å². The van der Waals surface area contributed by atoms with E-state index in [1.54, 1.807) is 0 Å². The van der Waals surface area contributed by atoms with Gasteiger partial charge in [0.1, 0.15) is 0 Å². The van der Waals surface area contributed by atoms with Crippen LogP contribution in [0.5, 0.6) is 0 Å². The first-order chi connectivity index (χ1) is 8.16. The van der Waals surface area contributed by atoms with Crippen LogP contribution in [0.25, 0.3) is 0 Å². The van der Waals surface area contributed by atoms with Crippen LogP contribution in [0.4, 0.5) is 0 Å². The summed E-state index contributed by atoms with van der Waals surface area (Å²) in [6, 6.07) is 2.67. The zero-order chi connectivity index (χ0) is 12.3. The molecule has 0 radical (unpaired) electrons. The van der Waals surface area contributed by atoms with Crippen molar-refractivity contribution in [1.82, 2.24) is 24.9 Å². The molecule has 96 valence electrons. The predicted molar refractivity (Wildman–Crippen MR) is 68.8 cm³/mol. The van der Waals surface area contributed by atoms with Crippen molar-refractivity contribution >= 4 is 0 Å². The summed E-state index contributed by atoms with van der Waals surface area (Å²) in [4.78, 5) is 4.84. The van der Waals surface area contributed by atoms with Crippen molar-refractivity contribution in [3.63, 3.8) is 0 Å². The minimum Gasteiger partial charge on any atom is -0.310 e. The molecule has 1 aromatic heterocycles. The Hall–Kier alpha value is -0.910. The summed E-state index contributed by atoms with van der Waals surface area (Å²) >= 11 is 0. The summed E-state index contributed by atoms with van der Waals surface area (Å²) in [6.45, 7) is 5.41. The van der Waals surface area contributed by atoms with Crippen molar-refractivity contribution in [3.8, 4) is 0 Å². The maximum atomic E-state index is 4.17. The van der Waals surface area contributed by atoms with Crippen LogP contribution in [0, 0.1) is 0 Å². The molecule has 2 heterocycles. The van der Waals surface area contributed by atoms with E-state index in [1.807, 2.05) is 17.9 Å². The van der Waals surface area contributed by atoms with Crippen LogP contribution in [-0.4, -0.2) is 65.9 Å². The smallest absolute Gasteiger partial charge is 0.0518 e. The van der Waals surface area contributed by atoms with Crippen LogP contribution >= 0.6 is 0 Å². The van der Waals surface area contributed by atoms with E-state index in [0.29, 0.717) is 6.04 Å². The maximum Gasteiger partial charge on any atom is 0.0518 e. The van der Waals surface area contributed by atoms with E-state index in [9.17, 15) is 0 Å². The van der Waals surface area contributed by atoms with E-state index in [2.05, 4.69) is 40.4 Å². The zero-order valence-corrected chi connectivity index (χ0v) is 11.1. The van der Waals surface area contributed by atoms with Crippen molar-refractivity contribution < 1.29 is 0 Å². The van der Waals surface area contributed by atoms with Gasteiger partial charge in [0.25, 0.3) is 0 Å². The number of piperazine rings is 1.